The molecule has 150 valence electrons. The molecule has 3 rings (SSSR count). The quantitative estimate of drug-likeness (QED) is 0.500. The standard InChI is InChI=1S/C18H23N5O3S2/c1-11-4-5-12-13(9-19)16(28-14(12)8-11)20-15(24)10-27-18-22-21-17(25)23(18)6-3-7-26-2/h11H,3-8,10H2,1-2H3,(H,20,24)(H,21,25)/t11-/m0/s1. The molecule has 28 heavy (non-hydrogen) atoms. The first-order valence-electron chi connectivity index (χ1n) is 9.14. The van der Waals surface area contributed by atoms with Gasteiger partial charge in [0.2, 0.25) is 5.91 Å². The summed E-state index contributed by atoms with van der Waals surface area (Å²) in [5.41, 5.74) is 1.39. The molecule has 0 spiro atoms. The van der Waals surface area contributed by atoms with E-state index < -0.39 is 0 Å². The molecule has 2 N–H and O–H groups in total. The van der Waals surface area contributed by atoms with Gasteiger partial charge in [-0.15, -0.1) is 16.4 Å². The van der Waals surface area contributed by atoms with Crippen LogP contribution in [0.5, 0.6) is 0 Å². The van der Waals surface area contributed by atoms with Crippen molar-refractivity contribution in [3.63, 3.8) is 0 Å². The average molecular weight is 422 g/mol. The fourth-order valence-electron chi connectivity index (χ4n) is 3.23. The number of aromatic nitrogens is 3. The third kappa shape index (κ3) is 4.66. The van der Waals surface area contributed by atoms with Crippen LogP contribution in [0.4, 0.5) is 5.00 Å². The van der Waals surface area contributed by atoms with E-state index in [-0.39, 0.29) is 17.3 Å². The number of aromatic amines is 1. The monoisotopic (exact) mass is 421 g/mol. The van der Waals surface area contributed by atoms with Crippen molar-refractivity contribution in [3.05, 3.63) is 26.5 Å². The lowest BCUT2D eigenvalue weighted by molar-refractivity contribution is -0.113. The molecule has 2 aromatic heterocycles. The van der Waals surface area contributed by atoms with Gasteiger partial charge < -0.3 is 10.1 Å². The highest BCUT2D eigenvalue weighted by molar-refractivity contribution is 7.99. The number of rotatable bonds is 8. The Balaban J connectivity index is 1.63. The molecule has 1 aliphatic rings. The Morgan fingerprint density at radius 3 is 3.14 bits per heavy atom. The predicted octanol–water partition coefficient (Wildman–Crippen LogP) is 2.40. The zero-order chi connectivity index (χ0) is 20.1. The van der Waals surface area contributed by atoms with Crippen LogP contribution in [0.2, 0.25) is 0 Å². The van der Waals surface area contributed by atoms with Gasteiger partial charge in [0.25, 0.3) is 0 Å². The van der Waals surface area contributed by atoms with Crippen molar-refractivity contribution >= 4 is 34.0 Å². The number of nitrogens with zero attached hydrogens (tertiary/aromatic N) is 3. The lowest BCUT2D eigenvalue weighted by Crippen LogP contribution is -2.19. The third-order valence-electron chi connectivity index (χ3n) is 4.66. The number of amides is 1. The van der Waals surface area contributed by atoms with Crippen LogP contribution in [0, 0.1) is 17.2 Å². The molecule has 8 nitrogen and oxygen atoms in total. The van der Waals surface area contributed by atoms with E-state index in [0.717, 1.165) is 24.8 Å². The molecule has 10 heteroatoms. The smallest absolute Gasteiger partial charge is 0.343 e. The lowest BCUT2D eigenvalue weighted by atomic mass is 9.89. The highest BCUT2D eigenvalue weighted by Crippen LogP contribution is 2.39. The van der Waals surface area contributed by atoms with Crippen LogP contribution in [0.25, 0.3) is 0 Å². The molecule has 1 atom stereocenters. The molecule has 0 aromatic carbocycles. The summed E-state index contributed by atoms with van der Waals surface area (Å²) >= 11 is 2.70. The van der Waals surface area contributed by atoms with Gasteiger partial charge >= 0.3 is 5.69 Å². The number of hydrogen-bond acceptors (Lipinski definition) is 7. The first kappa shape index (κ1) is 20.6. The van der Waals surface area contributed by atoms with Gasteiger partial charge in [-0.2, -0.15) is 5.26 Å². The van der Waals surface area contributed by atoms with Crippen molar-refractivity contribution in [2.24, 2.45) is 5.92 Å². The van der Waals surface area contributed by atoms with Gasteiger partial charge in [-0.25, -0.2) is 9.89 Å². The van der Waals surface area contributed by atoms with E-state index in [4.69, 9.17) is 4.74 Å². The van der Waals surface area contributed by atoms with Crippen molar-refractivity contribution in [1.29, 1.82) is 5.26 Å². The first-order valence-corrected chi connectivity index (χ1v) is 10.9. The number of hydrogen-bond donors (Lipinski definition) is 2. The maximum absolute atomic E-state index is 12.4. The molecule has 2 aromatic rings. The minimum atomic E-state index is -0.300. The van der Waals surface area contributed by atoms with Gasteiger partial charge in [0.1, 0.15) is 11.1 Å². The third-order valence-corrected chi connectivity index (χ3v) is 6.81. The van der Waals surface area contributed by atoms with E-state index in [0.29, 0.717) is 41.2 Å². The summed E-state index contributed by atoms with van der Waals surface area (Å²) in [4.78, 5) is 25.5. The summed E-state index contributed by atoms with van der Waals surface area (Å²) in [5.74, 6) is 0.497. The van der Waals surface area contributed by atoms with Crippen molar-refractivity contribution in [2.45, 2.75) is 44.3 Å². The Kier molecular flexibility index (Phi) is 6.93. The van der Waals surface area contributed by atoms with E-state index in [2.05, 4.69) is 28.5 Å². The molecule has 0 bridgehead atoms. The molecule has 1 amide bonds. The largest absolute Gasteiger partial charge is 0.385 e. The molecule has 0 unspecified atom stereocenters. The zero-order valence-electron chi connectivity index (χ0n) is 15.9. The number of carbonyl (C=O) groups excluding carboxylic acids is 1. The lowest BCUT2D eigenvalue weighted by Gasteiger charge is -2.17. The number of carbonyl (C=O) groups is 1. The van der Waals surface area contributed by atoms with Crippen molar-refractivity contribution in [3.8, 4) is 6.07 Å². The van der Waals surface area contributed by atoms with Crippen LogP contribution < -0.4 is 11.0 Å². The summed E-state index contributed by atoms with van der Waals surface area (Å²) in [5, 5.41) is 19.9. The Labute approximate surface area is 171 Å². The van der Waals surface area contributed by atoms with Crippen molar-refractivity contribution in [1.82, 2.24) is 14.8 Å². The highest BCUT2D eigenvalue weighted by atomic mass is 32.2. The molecule has 0 saturated carbocycles. The SMILES string of the molecule is COCCCn1c(SCC(=O)Nc2sc3c(c2C#N)CC[C@H](C)C3)n[nH]c1=O. The molecule has 0 radical (unpaired) electrons. The van der Waals surface area contributed by atoms with Crippen molar-refractivity contribution in [2.75, 3.05) is 24.8 Å². The van der Waals surface area contributed by atoms with Gasteiger partial charge in [0, 0.05) is 25.1 Å². The maximum atomic E-state index is 12.4. The van der Waals surface area contributed by atoms with Gasteiger partial charge in [-0.05, 0) is 37.2 Å². The summed E-state index contributed by atoms with van der Waals surface area (Å²) in [7, 11) is 1.61. The Bertz CT molecular complexity index is 940. The van der Waals surface area contributed by atoms with Crippen LogP contribution >= 0.6 is 23.1 Å². The van der Waals surface area contributed by atoms with E-state index in [9.17, 15) is 14.9 Å². The van der Waals surface area contributed by atoms with Crippen LogP contribution in [-0.4, -0.2) is 40.1 Å². The summed E-state index contributed by atoms with van der Waals surface area (Å²) in [6.45, 7) is 3.22. The molecule has 2 heterocycles. The number of thioether (sulfide) groups is 1. The van der Waals surface area contributed by atoms with E-state index in [1.54, 1.807) is 7.11 Å². The van der Waals surface area contributed by atoms with Crippen LogP contribution in [0.3, 0.4) is 0 Å². The predicted molar refractivity (Wildman–Crippen MR) is 109 cm³/mol. The molecule has 1 aliphatic carbocycles. The number of ether oxygens (including phenoxy) is 1. The fourth-order valence-corrected chi connectivity index (χ4v) is 5.38. The number of H-pyrrole nitrogens is 1. The number of nitriles is 1. The second kappa shape index (κ2) is 9.41. The summed E-state index contributed by atoms with van der Waals surface area (Å²) in [6.07, 6.45) is 3.60. The number of methoxy groups -OCH3 is 1. The summed E-state index contributed by atoms with van der Waals surface area (Å²) in [6, 6.07) is 2.25. The minimum absolute atomic E-state index is 0.110. The molecule has 0 aliphatic heterocycles. The van der Waals surface area contributed by atoms with Gasteiger partial charge in [-0.3, -0.25) is 9.36 Å². The first-order chi connectivity index (χ1) is 13.5. The summed E-state index contributed by atoms with van der Waals surface area (Å²) < 4.78 is 6.51. The zero-order valence-corrected chi connectivity index (χ0v) is 17.5. The Hall–Kier alpha value is -2.09. The average Bonchev–Trinajstić information content (AvgIpc) is 3.19. The van der Waals surface area contributed by atoms with E-state index in [1.165, 1.54) is 32.5 Å². The molecule has 0 fully saturated rings. The van der Waals surface area contributed by atoms with E-state index >= 15 is 0 Å². The molecular weight excluding hydrogens is 398 g/mol. The topological polar surface area (TPSA) is 113 Å². The normalized spacial score (nSPS) is 15.8. The van der Waals surface area contributed by atoms with Crippen molar-refractivity contribution < 1.29 is 9.53 Å². The number of fused-ring (bicyclic) bond motifs is 1. The fraction of sp³-hybridized carbons (Fsp3) is 0.556. The maximum Gasteiger partial charge on any atom is 0.343 e. The number of thiophene rings is 1. The van der Waals surface area contributed by atoms with Crippen LogP contribution in [0.1, 0.15) is 35.8 Å². The number of anilines is 1. The van der Waals surface area contributed by atoms with Gasteiger partial charge in [0.05, 0.1) is 11.3 Å². The van der Waals surface area contributed by atoms with Gasteiger partial charge in [-0.1, -0.05) is 18.7 Å². The Morgan fingerprint density at radius 2 is 2.39 bits per heavy atom. The van der Waals surface area contributed by atoms with Crippen LogP contribution in [0.15, 0.2) is 9.95 Å². The second-order valence-electron chi connectivity index (χ2n) is 6.81. The van der Waals surface area contributed by atoms with Crippen LogP contribution in [-0.2, 0) is 28.9 Å². The molecule has 0 saturated heterocycles. The minimum Gasteiger partial charge on any atom is -0.385 e. The highest BCUT2D eigenvalue weighted by Gasteiger charge is 2.24. The van der Waals surface area contributed by atoms with E-state index in [1.807, 2.05) is 0 Å². The second-order valence-corrected chi connectivity index (χ2v) is 8.86. The Morgan fingerprint density at radius 1 is 1.57 bits per heavy atom. The van der Waals surface area contributed by atoms with Gasteiger partial charge in [0.15, 0.2) is 5.16 Å². The molecular formula is C18H23N5O3S2. The number of nitrogens with one attached hydrogen (secondary N) is 2.